The van der Waals surface area contributed by atoms with E-state index in [1.54, 1.807) is 0 Å². The number of hydrogen-bond donors (Lipinski definition) is 0. The lowest BCUT2D eigenvalue weighted by Gasteiger charge is -2.10. The van der Waals surface area contributed by atoms with Crippen LogP contribution >= 0.6 is 0 Å². The number of aldehydes is 1. The van der Waals surface area contributed by atoms with Crippen LogP contribution in [0.15, 0.2) is 12.1 Å². The van der Waals surface area contributed by atoms with Crippen LogP contribution in [0.25, 0.3) is 0 Å². The number of benzene rings is 1. The molecule has 1 aromatic rings. The fourth-order valence-corrected chi connectivity index (χ4v) is 2.39. The van der Waals surface area contributed by atoms with Gasteiger partial charge in [-0.25, -0.2) is 0 Å². The number of unbranched alkanes of at least 4 members (excludes halogenated alkanes) is 5. The molecule has 0 radical (unpaired) electrons. The van der Waals surface area contributed by atoms with Crippen LogP contribution in [-0.2, 0) is 6.42 Å². The second-order valence-corrected chi connectivity index (χ2v) is 5.20. The fraction of sp³-hybridized carbons (Fsp3) is 0.588. The molecule has 0 saturated carbocycles. The third kappa shape index (κ3) is 4.29. The summed E-state index contributed by atoms with van der Waals surface area (Å²) in [6.07, 6.45) is 10.1. The molecule has 0 fully saturated rings. The summed E-state index contributed by atoms with van der Waals surface area (Å²) in [6, 6.07) is 4.08. The summed E-state index contributed by atoms with van der Waals surface area (Å²) in [5.41, 5.74) is 4.69. The van der Waals surface area contributed by atoms with Gasteiger partial charge in [0.2, 0.25) is 0 Å². The minimum Gasteiger partial charge on any atom is -0.298 e. The fourth-order valence-electron chi connectivity index (χ4n) is 2.39. The van der Waals surface area contributed by atoms with Crippen LogP contribution < -0.4 is 0 Å². The van der Waals surface area contributed by atoms with Gasteiger partial charge in [-0.3, -0.25) is 4.79 Å². The molecule has 0 unspecified atom stereocenters. The molecule has 18 heavy (non-hydrogen) atoms. The van der Waals surface area contributed by atoms with Crippen molar-refractivity contribution in [1.82, 2.24) is 0 Å². The van der Waals surface area contributed by atoms with Crippen LogP contribution in [0.5, 0.6) is 0 Å². The van der Waals surface area contributed by atoms with Crippen molar-refractivity contribution in [3.63, 3.8) is 0 Å². The van der Waals surface area contributed by atoms with Gasteiger partial charge in [0, 0.05) is 5.56 Å². The average Bonchev–Trinajstić information content (AvgIpc) is 2.38. The normalized spacial score (nSPS) is 10.6. The zero-order valence-corrected chi connectivity index (χ0v) is 12.1. The predicted octanol–water partition coefficient (Wildman–Crippen LogP) is 5.02. The minimum absolute atomic E-state index is 0.833. The Bertz CT molecular complexity index is 379. The third-order valence-corrected chi connectivity index (χ3v) is 3.87. The Labute approximate surface area is 112 Å². The van der Waals surface area contributed by atoms with Gasteiger partial charge in [-0.2, -0.15) is 0 Å². The molecule has 0 spiro atoms. The first-order valence-corrected chi connectivity index (χ1v) is 7.25. The van der Waals surface area contributed by atoms with Crippen LogP contribution in [-0.4, -0.2) is 6.29 Å². The van der Waals surface area contributed by atoms with Gasteiger partial charge in [-0.1, -0.05) is 51.2 Å². The summed E-state index contributed by atoms with van der Waals surface area (Å²) in [5.74, 6) is 0. The first-order chi connectivity index (χ1) is 8.70. The highest BCUT2D eigenvalue weighted by molar-refractivity contribution is 5.78. The number of carbonyl (C=O) groups is 1. The quantitative estimate of drug-likeness (QED) is 0.465. The second kappa shape index (κ2) is 8.07. The molecule has 100 valence electrons. The molecule has 0 N–H and O–H groups in total. The van der Waals surface area contributed by atoms with Crippen LogP contribution in [0, 0.1) is 13.8 Å². The minimum atomic E-state index is 0.833. The molecule has 0 aromatic heterocycles. The van der Waals surface area contributed by atoms with Crippen molar-refractivity contribution in [2.75, 3.05) is 0 Å². The lowest BCUT2D eigenvalue weighted by atomic mass is 9.95. The number of rotatable bonds is 8. The monoisotopic (exact) mass is 246 g/mol. The SMILES string of the molecule is CCCCCCCCc1ccc(C=O)c(C)c1C. The molecule has 0 heterocycles. The Morgan fingerprint density at radius 2 is 1.61 bits per heavy atom. The Morgan fingerprint density at radius 1 is 0.944 bits per heavy atom. The van der Waals surface area contributed by atoms with E-state index in [-0.39, 0.29) is 0 Å². The van der Waals surface area contributed by atoms with Crippen molar-refractivity contribution in [1.29, 1.82) is 0 Å². The van der Waals surface area contributed by atoms with E-state index in [9.17, 15) is 4.79 Å². The summed E-state index contributed by atoms with van der Waals surface area (Å²) >= 11 is 0. The summed E-state index contributed by atoms with van der Waals surface area (Å²) < 4.78 is 0. The van der Waals surface area contributed by atoms with Gasteiger partial charge < -0.3 is 0 Å². The van der Waals surface area contributed by atoms with E-state index in [4.69, 9.17) is 0 Å². The molecule has 1 rings (SSSR count). The molecule has 0 amide bonds. The van der Waals surface area contributed by atoms with Gasteiger partial charge in [0.15, 0.2) is 0 Å². The first-order valence-electron chi connectivity index (χ1n) is 7.25. The van der Waals surface area contributed by atoms with Gasteiger partial charge in [0.1, 0.15) is 6.29 Å². The maximum Gasteiger partial charge on any atom is 0.150 e. The van der Waals surface area contributed by atoms with Crippen molar-refractivity contribution in [2.24, 2.45) is 0 Å². The lowest BCUT2D eigenvalue weighted by molar-refractivity contribution is 0.112. The molecule has 1 nitrogen and oxygen atoms in total. The van der Waals surface area contributed by atoms with Crippen LogP contribution in [0.2, 0.25) is 0 Å². The van der Waals surface area contributed by atoms with Crippen molar-refractivity contribution in [3.05, 3.63) is 34.4 Å². The Kier molecular flexibility index (Phi) is 6.70. The Balaban J connectivity index is 2.43. The standard InChI is InChI=1S/C17H26O/c1-4-5-6-7-8-9-10-16-11-12-17(13-18)15(3)14(16)2/h11-13H,4-10H2,1-3H3. The third-order valence-electron chi connectivity index (χ3n) is 3.87. The molecule has 0 atom stereocenters. The van der Waals surface area contributed by atoms with Crippen molar-refractivity contribution < 1.29 is 4.79 Å². The van der Waals surface area contributed by atoms with E-state index in [2.05, 4.69) is 19.9 Å². The van der Waals surface area contributed by atoms with Gasteiger partial charge in [-0.05, 0) is 43.4 Å². The molecule has 1 aromatic carbocycles. The maximum absolute atomic E-state index is 10.9. The van der Waals surface area contributed by atoms with Crippen LogP contribution in [0.1, 0.15) is 72.5 Å². The molecule has 0 aliphatic carbocycles. The molecule has 0 aliphatic rings. The number of hydrogen-bond acceptors (Lipinski definition) is 1. The van der Waals surface area contributed by atoms with Gasteiger partial charge in [-0.15, -0.1) is 0 Å². The summed E-state index contributed by atoms with van der Waals surface area (Å²) in [6.45, 7) is 6.43. The van der Waals surface area contributed by atoms with E-state index in [1.807, 2.05) is 13.0 Å². The van der Waals surface area contributed by atoms with Gasteiger partial charge in [0.05, 0.1) is 0 Å². The van der Waals surface area contributed by atoms with Crippen molar-refractivity contribution in [2.45, 2.75) is 65.7 Å². The molecular weight excluding hydrogens is 220 g/mol. The van der Waals surface area contributed by atoms with Gasteiger partial charge in [0.25, 0.3) is 0 Å². The van der Waals surface area contributed by atoms with Crippen molar-refractivity contribution >= 4 is 6.29 Å². The van der Waals surface area contributed by atoms with Crippen LogP contribution in [0.4, 0.5) is 0 Å². The molecule has 0 saturated heterocycles. The highest BCUT2D eigenvalue weighted by Gasteiger charge is 2.05. The largest absolute Gasteiger partial charge is 0.298 e. The zero-order valence-electron chi connectivity index (χ0n) is 12.1. The highest BCUT2D eigenvalue weighted by atomic mass is 16.1. The summed E-state index contributed by atoms with van der Waals surface area (Å²) in [7, 11) is 0. The lowest BCUT2D eigenvalue weighted by Crippen LogP contribution is -1.97. The Morgan fingerprint density at radius 3 is 2.28 bits per heavy atom. The van der Waals surface area contributed by atoms with E-state index in [0.717, 1.165) is 23.8 Å². The second-order valence-electron chi connectivity index (χ2n) is 5.20. The van der Waals surface area contributed by atoms with E-state index in [1.165, 1.54) is 49.7 Å². The Hall–Kier alpha value is -1.11. The molecule has 0 aliphatic heterocycles. The summed E-state index contributed by atoms with van der Waals surface area (Å²) in [4.78, 5) is 10.9. The first kappa shape index (κ1) is 14.9. The molecule has 1 heteroatoms. The smallest absolute Gasteiger partial charge is 0.150 e. The van der Waals surface area contributed by atoms with E-state index < -0.39 is 0 Å². The van der Waals surface area contributed by atoms with Crippen molar-refractivity contribution in [3.8, 4) is 0 Å². The molecule has 0 bridgehead atoms. The van der Waals surface area contributed by atoms with E-state index >= 15 is 0 Å². The predicted molar refractivity (Wildman–Crippen MR) is 78.4 cm³/mol. The molecular formula is C17H26O. The number of carbonyl (C=O) groups excluding carboxylic acids is 1. The topological polar surface area (TPSA) is 17.1 Å². The van der Waals surface area contributed by atoms with Gasteiger partial charge >= 0.3 is 0 Å². The summed E-state index contributed by atoms with van der Waals surface area (Å²) in [5, 5.41) is 0. The zero-order chi connectivity index (χ0) is 13.4. The van der Waals surface area contributed by atoms with E-state index in [0.29, 0.717) is 0 Å². The average molecular weight is 246 g/mol. The maximum atomic E-state index is 10.9. The highest BCUT2D eigenvalue weighted by Crippen LogP contribution is 2.19. The van der Waals surface area contributed by atoms with Crippen LogP contribution in [0.3, 0.4) is 0 Å². The number of aryl methyl sites for hydroxylation is 1.